The number of nitrogens with zero attached hydrogens (tertiary/aromatic N) is 3. The average Bonchev–Trinajstić information content (AvgIpc) is 3.59. The number of sulfonamides is 1. The van der Waals surface area contributed by atoms with Gasteiger partial charge in [-0.2, -0.15) is 17.5 Å². The van der Waals surface area contributed by atoms with Gasteiger partial charge in [0.25, 0.3) is 0 Å². The van der Waals surface area contributed by atoms with Crippen molar-refractivity contribution < 1.29 is 36.3 Å². The van der Waals surface area contributed by atoms with E-state index in [-0.39, 0.29) is 50.7 Å². The molecule has 1 amide bonds. The number of amides is 1. The van der Waals surface area contributed by atoms with E-state index in [0.29, 0.717) is 6.42 Å². The molecule has 36 heavy (non-hydrogen) atoms. The van der Waals surface area contributed by atoms with Crippen LogP contribution in [0.5, 0.6) is 0 Å². The molecule has 200 valence electrons. The molecule has 3 aliphatic rings. The van der Waals surface area contributed by atoms with E-state index in [1.54, 1.807) is 6.92 Å². The minimum absolute atomic E-state index is 0.0329. The lowest BCUT2D eigenvalue weighted by atomic mass is 9.76. The molecule has 1 aromatic carbocycles. The molecule has 1 unspecified atom stereocenters. The number of alkyl halides is 3. The van der Waals surface area contributed by atoms with Crippen LogP contribution >= 0.6 is 0 Å². The van der Waals surface area contributed by atoms with Crippen LogP contribution in [0.2, 0.25) is 0 Å². The molecular formula is C24H32F3N3O5S. The van der Waals surface area contributed by atoms with Crippen LogP contribution in [0.4, 0.5) is 13.2 Å². The number of carboxylic acid groups (broad SMARTS) is 1. The summed E-state index contributed by atoms with van der Waals surface area (Å²) in [6.45, 7) is 3.70. The fraction of sp³-hybridized carbons (Fsp3) is 0.667. The highest BCUT2D eigenvalue weighted by atomic mass is 32.2. The molecule has 1 N–H and O–H groups in total. The van der Waals surface area contributed by atoms with Crippen LogP contribution in [0.15, 0.2) is 30.3 Å². The topological polar surface area (TPSA) is 98.2 Å². The molecule has 1 aliphatic carbocycles. The maximum absolute atomic E-state index is 13.6. The number of likely N-dealkylation sites (tertiary alicyclic amines) is 1. The number of carbonyl (C=O) groups is 2. The van der Waals surface area contributed by atoms with E-state index in [1.165, 1.54) is 11.2 Å². The zero-order chi connectivity index (χ0) is 26.5. The van der Waals surface area contributed by atoms with Gasteiger partial charge in [0.2, 0.25) is 10.0 Å². The lowest BCUT2D eigenvalue weighted by Crippen LogP contribution is -2.76. The number of benzene rings is 1. The summed E-state index contributed by atoms with van der Waals surface area (Å²) >= 11 is 0. The number of hydrogen-bond acceptors (Lipinski definition) is 5. The van der Waals surface area contributed by atoms with Gasteiger partial charge in [0.15, 0.2) is 0 Å². The maximum Gasteiger partial charge on any atom is 0.471 e. The van der Waals surface area contributed by atoms with Crippen LogP contribution in [0.25, 0.3) is 0 Å². The van der Waals surface area contributed by atoms with E-state index in [0.717, 1.165) is 10.5 Å². The largest absolute Gasteiger partial charge is 0.481 e. The van der Waals surface area contributed by atoms with Gasteiger partial charge < -0.3 is 10.0 Å². The number of rotatable bonds is 8. The first-order chi connectivity index (χ1) is 16.8. The van der Waals surface area contributed by atoms with Gasteiger partial charge in [-0.05, 0) is 31.7 Å². The van der Waals surface area contributed by atoms with Crippen molar-refractivity contribution in [3.8, 4) is 0 Å². The number of hydrogen-bond donors (Lipinski definition) is 1. The van der Waals surface area contributed by atoms with Crippen LogP contribution in [0.3, 0.4) is 0 Å². The Kier molecular flexibility index (Phi) is 7.17. The molecule has 2 aliphatic heterocycles. The summed E-state index contributed by atoms with van der Waals surface area (Å²) in [5.41, 5.74) is -0.0230. The predicted molar refractivity (Wildman–Crippen MR) is 126 cm³/mol. The number of piperidine rings is 1. The van der Waals surface area contributed by atoms with E-state index in [9.17, 15) is 36.3 Å². The molecule has 1 saturated carbocycles. The first-order valence-electron chi connectivity index (χ1n) is 12.2. The van der Waals surface area contributed by atoms with Gasteiger partial charge >= 0.3 is 18.1 Å². The fourth-order valence-corrected chi connectivity index (χ4v) is 7.00. The minimum Gasteiger partial charge on any atom is -0.481 e. The molecule has 1 aromatic rings. The lowest BCUT2D eigenvalue weighted by molar-refractivity contribution is -0.190. The fourth-order valence-electron chi connectivity index (χ4n) is 5.79. The molecule has 0 aromatic heterocycles. The molecule has 8 nitrogen and oxygen atoms in total. The Morgan fingerprint density at radius 3 is 2.25 bits per heavy atom. The number of halogens is 3. The second-order valence-electron chi connectivity index (χ2n) is 10.1. The maximum atomic E-state index is 13.6. The summed E-state index contributed by atoms with van der Waals surface area (Å²) in [5.74, 6) is -3.99. The third-order valence-corrected chi connectivity index (χ3v) is 9.92. The van der Waals surface area contributed by atoms with Gasteiger partial charge in [-0.15, -0.1) is 0 Å². The van der Waals surface area contributed by atoms with Crippen molar-refractivity contribution in [3.63, 3.8) is 0 Å². The Balaban J connectivity index is 1.50. The standard InChI is InChI=1S/C24H32F3N3O5S/c1-3-36(34,35)29-14-23(15-29,16(2)21(31)32)28-11-9-18(10-12-28)30(22(33)24(25,26)27)20-13-19(20)17-7-5-4-6-8-17/h4-8,16,18-20H,3,9-15H2,1-2H3,(H,31,32)/t16?,19-,20+/m0/s1. The third kappa shape index (κ3) is 4.87. The monoisotopic (exact) mass is 531 g/mol. The molecule has 3 atom stereocenters. The molecule has 3 fully saturated rings. The summed E-state index contributed by atoms with van der Waals surface area (Å²) < 4.78 is 66.5. The number of carbonyl (C=O) groups excluding carboxylic acids is 1. The van der Waals surface area contributed by atoms with Crippen molar-refractivity contribution in [1.82, 2.24) is 14.1 Å². The summed E-state index contributed by atoms with van der Waals surface area (Å²) in [6.07, 6.45) is -4.00. The number of carboxylic acids is 1. The molecule has 12 heteroatoms. The van der Waals surface area contributed by atoms with E-state index < -0.39 is 51.6 Å². The SMILES string of the molecule is CCS(=O)(=O)N1CC(C(C)C(=O)O)(N2CCC(N(C(=O)C(F)(F)F)[C@@H]3C[C@H]3c3ccccc3)CC2)C1. The van der Waals surface area contributed by atoms with Crippen LogP contribution in [0.1, 0.15) is 44.6 Å². The normalized spacial score (nSPS) is 26.1. The van der Waals surface area contributed by atoms with Crippen molar-refractivity contribution in [2.24, 2.45) is 5.92 Å². The second kappa shape index (κ2) is 9.60. The smallest absolute Gasteiger partial charge is 0.471 e. The Morgan fingerprint density at radius 2 is 1.75 bits per heavy atom. The molecule has 2 heterocycles. The van der Waals surface area contributed by atoms with Gasteiger partial charge in [0.05, 0.1) is 17.2 Å². The van der Waals surface area contributed by atoms with Crippen LogP contribution in [0, 0.1) is 5.92 Å². The van der Waals surface area contributed by atoms with Gasteiger partial charge in [-0.3, -0.25) is 14.5 Å². The zero-order valence-corrected chi connectivity index (χ0v) is 21.1. The van der Waals surface area contributed by atoms with Crippen LogP contribution < -0.4 is 0 Å². The summed E-state index contributed by atoms with van der Waals surface area (Å²) in [5, 5.41) is 9.71. The molecule has 4 rings (SSSR count). The van der Waals surface area contributed by atoms with Gasteiger partial charge in [-0.1, -0.05) is 37.3 Å². The lowest BCUT2D eigenvalue weighted by Gasteiger charge is -2.58. The average molecular weight is 532 g/mol. The van der Waals surface area contributed by atoms with Crippen LogP contribution in [-0.4, -0.2) is 95.2 Å². The van der Waals surface area contributed by atoms with Crippen molar-refractivity contribution in [2.45, 2.75) is 62.8 Å². The van der Waals surface area contributed by atoms with Crippen LogP contribution in [-0.2, 0) is 19.6 Å². The van der Waals surface area contributed by atoms with Crippen molar-refractivity contribution in [1.29, 1.82) is 0 Å². The Morgan fingerprint density at radius 1 is 1.17 bits per heavy atom. The van der Waals surface area contributed by atoms with Crippen molar-refractivity contribution in [3.05, 3.63) is 35.9 Å². The van der Waals surface area contributed by atoms with Gasteiger partial charge in [-0.25, -0.2) is 8.42 Å². The molecule has 0 bridgehead atoms. The Hall–Kier alpha value is -2.18. The van der Waals surface area contributed by atoms with Crippen molar-refractivity contribution >= 4 is 21.9 Å². The molecule has 0 radical (unpaired) electrons. The van der Waals surface area contributed by atoms with Crippen molar-refractivity contribution in [2.75, 3.05) is 31.9 Å². The number of aliphatic carboxylic acids is 1. The van der Waals surface area contributed by atoms with E-state index >= 15 is 0 Å². The van der Waals surface area contributed by atoms with Gasteiger partial charge in [0, 0.05) is 44.2 Å². The minimum atomic E-state index is -4.98. The predicted octanol–water partition coefficient (Wildman–Crippen LogP) is 2.52. The Bertz CT molecular complexity index is 1080. The first-order valence-corrected chi connectivity index (χ1v) is 13.8. The van der Waals surface area contributed by atoms with E-state index in [2.05, 4.69) is 0 Å². The molecule has 0 spiro atoms. The van der Waals surface area contributed by atoms with E-state index in [4.69, 9.17) is 0 Å². The highest BCUT2D eigenvalue weighted by molar-refractivity contribution is 7.89. The summed E-state index contributed by atoms with van der Waals surface area (Å²) in [6, 6.07) is 8.03. The highest BCUT2D eigenvalue weighted by Gasteiger charge is 2.58. The summed E-state index contributed by atoms with van der Waals surface area (Å²) in [4.78, 5) is 27.3. The third-order valence-electron chi connectivity index (χ3n) is 8.14. The molecule has 2 saturated heterocycles. The molecular weight excluding hydrogens is 499 g/mol. The Labute approximate surface area is 209 Å². The highest BCUT2D eigenvalue weighted by Crippen LogP contribution is 2.48. The summed E-state index contributed by atoms with van der Waals surface area (Å²) in [7, 11) is -3.48. The van der Waals surface area contributed by atoms with Gasteiger partial charge in [0.1, 0.15) is 0 Å². The first kappa shape index (κ1) is 26.9. The zero-order valence-electron chi connectivity index (χ0n) is 20.3. The van der Waals surface area contributed by atoms with E-state index in [1.807, 2.05) is 35.2 Å². The quantitative estimate of drug-likeness (QED) is 0.554. The second-order valence-corrected chi connectivity index (χ2v) is 12.3.